The minimum Gasteiger partial charge on any atom is -0.467 e. The highest BCUT2D eigenvalue weighted by atomic mass is 16.5. The van der Waals surface area contributed by atoms with Crippen LogP contribution in [0, 0.1) is 0 Å². The Labute approximate surface area is 178 Å². The van der Waals surface area contributed by atoms with Crippen molar-refractivity contribution < 1.29 is 23.9 Å². The Hall–Kier alpha value is -3.94. The van der Waals surface area contributed by atoms with Gasteiger partial charge in [-0.2, -0.15) is 5.10 Å². The number of hydrogen-bond donors (Lipinski definition) is 1. The smallest absolute Gasteiger partial charge is 0.356 e. The number of amides is 1. The number of aromatic amines is 1. The Kier molecular flexibility index (Phi) is 5.79. The number of rotatable bonds is 5. The summed E-state index contributed by atoms with van der Waals surface area (Å²) in [6.07, 6.45) is 0.351. The number of aromatic nitrogens is 2. The Balaban J connectivity index is 1.43. The molecule has 1 atom stereocenters. The van der Waals surface area contributed by atoms with E-state index in [-0.39, 0.29) is 12.2 Å². The molecule has 0 fully saturated rings. The van der Waals surface area contributed by atoms with Crippen LogP contribution in [0.2, 0.25) is 0 Å². The molecule has 0 aliphatic carbocycles. The first-order valence-corrected chi connectivity index (χ1v) is 9.79. The molecule has 8 heteroatoms. The van der Waals surface area contributed by atoms with Gasteiger partial charge in [0.2, 0.25) is 0 Å². The second-order valence-electron chi connectivity index (χ2n) is 7.14. The third-order valence-electron chi connectivity index (χ3n) is 5.24. The van der Waals surface area contributed by atoms with Gasteiger partial charge in [-0.25, -0.2) is 9.59 Å². The van der Waals surface area contributed by atoms with Gasteiger partial charge in [-0.15, -0.1) is 0 Å². The molecule has 31 heavy (non-hydrogen) atoms. The molecule has 158 valence electrons. The van der Waals surface area contributed by atoms with Crippen LogP contribution in [0.1, 0.15) is 21.6 Å². The number of H-pyrrole nitrogens is 1. The second kappa shape index (κ2) is 8.83. The van der Waals surface area contributed by atoms with Crippen LogP contribution >= 0.6 is 0 Å². The highest BCUT2D eigenvalue weighted by Crippen LogP contribution is 2.24. The minimum absolute atomic E-state index is 0.139. The molecule has 0 saturated carbocycles. The van der Waals surface area contributed by atoms with E-state index in [0.717, 1.165) is 16.7 Å². The van der Waals surface area contributed by atoms with E-state index in [4.69, 9.17) is 9.47 Å². The van der Waals surface area contributed by atoms with Gasteiger partial charge in [0.15, 0.2) is 6.61 Å². The summed E-state index contributed by atoms with van der Waals surface area (Å²) in [5.74, 6) is -1.67. The molecule has 1 amide bonds. The Morgan fingerprint density at radius 2 is 1.77 bits per heavy atom. The number of esters is 2. The Bertz CT molecular complexity index is 1110. The summed E-state index contributed by atoms with van der Waals surface area (Å²) < 4.78 is 10.1. The maximum Gasteiger partial charge on any atom is 0.356 e. The number of carbonyl (C=O) groups excluding carboxylic acids is 3. The van der Waals surface area contributed by atoms with E-state index in [9.17, 15) is 14.4 Å². The average Bonchev–Trinajstić information content (AvgIpc) is 3.32. The van der Waals surface area contributed by atoms with Crippen molar-refractivity contribution >= 4 is 17.8 Å². The highest BCUT2D eigenvalue weighted by Gasteiger charge is 2.35. The molecule has 0 spiro atoms. The predicted molar refractivity (Wildman–Crippen MR) is 111 cm³/mol. The Morgan fingerprint density at radius 1 is 1.06 bits per heavy atom. The number of hydrogen-bond acceptors (Lipinski definition) is 6. The first-order valence-electron chi connectivity index (χ1n) is 9.79. The van der Waals surface area contributed by atoms with E-state index in [0.29, 0.717) is 12.1 Å². The number of nitrogens with zero attached hydrogens (tertiary/aromatic N) is 2. The molecule has 1 aromatic heterocycles. The van der Waals surface area contributed by atoms with E-state index in [1.165, 1.54) is 12.0 Å². The van der Waals surface area contributed by atoms with Crippen LogP contribution in [0.4, 0.5) is 0 Å². The Morgan fingerprint density at radius 3 is 2.52 bits per heavy atom. The summed E-state index contributed by atoms with van der Waals surface area (Å²) in [5, 5.41) is 6.75. The molecular weight excluding hydrogens is 398 g/mol. The lowest BCUT2D eigenvalue weighted by Gasteiger charge is -2.35. The normalized spacial score (nSPS) is 15.1. The summed E-state index contributed by atoms with van der Waals surface area (Å²) >= 11 is 0. The quantitative estimate of drug-likeness (QED) is 0.637. The van der Waals surface area contributed by atoms with Crippen molar-refractivity contribution in [1.82, 2.24) is 15.1 Å². The van der Waals surface area contributed by atoms with Crippen LogP contribution < -0.4 is 0 Å². The summed E-state index contributed by atoms with van der Waals surface area (Å²) in [6, 6.07) is 17.8. The lowest BCUT2D eigenvalue weighted by molar-refractivity contribution is -0.155. The number of nitrogens with one attached hydrogen (secondary N) is 1. The third-order valence-corrected chi connectivity index (χ3v) is 5.24. The van der Waals surface area contributed by atoms with E-state index < -0.39 is 30.5 Å². The van der Waals surface area contributed by atoms with Crippen molar-refractivity contribution in [2.24, 2.45) is 0 Å². The van der Waals surface area contributed by atoms with Gasteiger partial charge in [-0.3, -0.25) is 9.89 Å². The SMILES string of the molecule is COC(=O)[C@@H]1Cc2ccccc2CN1C(=O)COC(=O)c1cc(-c2ccccc2)n[nH]1. The van der Waals surface area contributed by atoms with E-state index in [1.54, 1.807) is 6.07 Å². The largest absolute Gasteiger partial charge is 0.467 e. The molecule has 1 aliphatic heterocycles. The molecule has 1 N–H and O–H groups in total. The fourth-order valence-electron chi connectivity index (χ4n) is 3.60. The van der Waals surface area contributed by atoms with E-state index in [1.807, 2.05) is 54.6 Å². The fourth-order valence-corrected chi connectivity index (χ4v) is 3.60. The van der Waals surface area contributed by atoms with Gasteiger partial charge in [0.1, 0.15) is 11.7 Å². The molecule has 0 radical (unpaired) electrons. The zero-order chi connectivity index (χ0) is 21.8. The number of methoxy groups -OCH3 is 1. The van der Waals surface area contributed by atoms with Gasteiger partial charge in [-0.05, 0) is 17.2 Å². The average molecular weight is 419 g/mol. The minimum atomic E-state index is -0.761. The van der Waals surface area contributed by atoms with Gasteiger partial charge in [0.05, 0.1) is 12.8 Å². The lowest BCUT2D eigenvalue weighted by Crippen LogP contribution is -2.50. The van der Waals surface area contributed by atoms with Gasteiger partial charge < -0.3 is 14.4 Å². The van der Waals surface area contributed by atoms with Crippen molar-refractivity contribution in [3.05, 3.63) is 77.5 Å². The number of carbonyl (C=O) groups is 3. The fraction of sp³-hybridized carbons (Fsp3) is 0.217. The van der Waals surface area contributed by atoms with Crippen LogP contribution in [0.25, 0.3) is 11.3 Å². The maximum atomic E-state index is 12.8. The standard InChI is InChI=1S/C23H21N3O5/c1-30-23(29)20-11-16-9-5-6-10-17(16)13-26(20)21(27)14-31-22(28)19-12-18(24-25-19)15-7-3-2-4-8-15/h2-10,12,20H,11,13-14H2,1H3,(H,24,25)/t20-/m0/s1. The van der Waals surface area contributed by atoms with Crippen molar-refractivity contribution in [2.75, 3.05) is 13.7 Å². The lowest BCUT2D eigenvalue weighted by atomic mass is 9.94. The first-order chi connectivity index (χ1) is 15.1. The molecule has 0 bridgehead atoms. The van der Waals surface area contributed by atoms with Gasteiger partial charge in [0.25, 0.3) is 5.91 Å². The zero-order valence-corrected chi connectivity index (χ0v) is 16.9. The van der Waals surface area contributed by atoms with Crippen molar-refractivity contribution in [1.29, 1.82) is 0 Å². The monoisotopic (exact) mass is 419 g/mol. The second-order valence-corrected chi connectivity index (χ2v) is 7.14. The van der Waals surface area contributed by atoms with Crippen LogP contribution in [0.15, 0.2) is 60.7 Å². The predicted octanol–water partition coefficient (Wildman–Crippen LogP) is 2.36. The van der Waals surface area contributed by atoms with Crippen molar-refractivity contribution in [3.8, 4) is 11.3 Å². The van der Waals surface area contributed by atoms with Crippen LogP contribution in [-0.4, -0.2) is 52.7 Å². The van der Waals surface area contributed by atoms with E-state index >= 15 is 0 Å². The molecule has 1 aliphatic rings. The summed E-state index contributed by atoms with van der Waals surface area (Å²) in [4.78, 5) is 38.9. The zero-order valence-electron chi connectivity index (χ0n) is 16.9. The van der Waals surface area contributed by atoms with Gasteiger partial charge in [-0.1, -0.05) is 54.6 Å². The third kappa shape index (κ3) is 4.32. The maximum absolute atomic E-state index is 12.8. The van der Waals surface area contributed by atoms with E-state index in [2.05, 4.69) is 10.2 Å². The number of benzene rings is 2. The molecule has 3 aromatic rings. The van der Waals surface area contributed by atoms with Crippen molar-refractivity contribution in [2.45, 2.75) is 19.0 Å². The van der Waals surface area contributed by atoms with Crippen LogP contribution in [0.3, 0.4) is 0 Å². The molecule has 4 rings (SSSR count). The van der Waals surface area contributed by atoms with Crippen molar-refractivity contribution in [3.63, 3.8) is 0 Å². The molecule has 0 unspecified atom stereocenters. The summed E-state index contributed by atoms with van der Waals surface area (Å²) in [5.41, 5.74) is 3.52. The van der Waals surface area contributed by atoms with Crippen LogP contribution in [0.5, 0.6) is 0 Å². The summed E-state index contributed by atoms with van der Waals surface area (Å²) in [7, 11) is 1.29. The molecular formula is C23H21N3O5. The molecule has 2 aromatic carbocycles. The van der Waals surface area contributed by atoms with Gasteiger partial charge >= 0.3 is 11.9 Å². The highest BCUT2D eigenvalue weighted by molar-refractivity contribution is 5.91. The summed E-state index contributed by atoms with van der Waals surface area (Å²) in [6.45, 7) is -0.247. The molecule has 2 heterocycles. The van der Waals surface area contributed by atoms with Gasteiger partial charge in [0, 0.05) is 18.5 Å². The van der Waals surface area contributed by atoms with Crippen LogP contribution in [-0.2, 0) is 32.0 Å². The molecule has 0 saturated heterocycles. The molecule has 8 nitrogen and oxygen atoms in total. The first kappa shape index (κ1) is 20.3. The number of ether oxygens (including phenoxy) is 2. The topological polar surface area (TPSA) is 102 Å². The number of fused-ring (bicyclic) bond motifs is 1.